The van der Waals surface area contributed by atoms with Crippen molar-refractivity contribution in [3.63, 3.8) is 0 Å². The summed E-state index contributed by atoms with van der Waals surface area (Å²) >= 11 is 0. The number of carbonyl (C=O) groups is 1. The molecular formula is C15H18N4O3. The summed E-state index contributed by atoms with van der Waals surface area (Å²) in [5.41, 5.74) is 0.435. The number of carbonyl (C=O) groups excluding carboxylic acids is 1. The van der Waals surface area contributed by atoms with Gasteiger partial charge < -0.3 is 10.6 Å². The number of nitrogens with one attached hydrogen (secondary N) is 2. The highest BCUT2D eigenvalue weighted by molar-refractivity contribution is 5.79. The van der Waals surface area contributed by atoms with Gasteiger partial charge in [0.1, 0.15) is 11.6 Å². The third kappa shape index (κ3) is 3.34. The number of nitrogens with zero attached hydrogens (tertiary/aromatic N) is 2. The molecule has 2 N–H and O–H groups in total. The van der Waals surface area contributed by atoms with Gasteiger partial charge >= 0.3 is 0 Å². The first-order chi connectivity index (χ1) is 10.6. The van der Waals surface area contributed by atoms with Crippen LogP contribution in [0.25, 0.3) is 0 Å². The maximum atomic E-state index is 11.9. The van der Waals surface area contributed by atoms with E-state index in [1.54, 1.807) is 13.1 Å². The summed E-state index contributed by atoms with van der Waals surface area (Å²) in [4.78, 5) is 22.2. The zero-order valence-electron chi connectivity index (χ0n) is 12.3. The Labute approximate surface area is 128 Å². The molecule has 0 radical (unpaired) electrons. The van der Waals surface area contributed by atoms with Crippen molar-refractivity contribution in [1.29, 1.82) is 5.26 Å². The zero-order valence-corrected chi connectivity index (χ0v) is 12.3. The second-order valence-electron chi connectivity index (χ2n) is 5.36. The molecule has 0 bridgehead atoms. The van der Waals surface area contributed by atoms with Gasteiger partial charge in [-0.15, -0.1) is 0 Å². The van der Waals surface area contributed by atoms with Crippen LogP contribution in [0.3, 0.4) is 0 Å². The van der Waals surface area contributed by atoms with Crippen LogP contribution in [0.5, 0.6) is 0 Å². The third-order valence-electron chi connectivity index (χ3n) is 4.01. The van der Waals surface area contributed by atoms with Crippen LogP contribution < -0.4 is 10.6 Å². The molecule has 1 amide bonds. The number of anilines is 1. The van der Waals surface area contributed by atoms with Gasteiger partial charge in [0.2, 0.25) is 5.91 Å². The van der Waals surface area contributed by atoms with Crippen LogP contribution >= 0.6 is 0 Å². The van der Waals surface area contributed by atoms with E-state index in [0.717, 1.165) is 25.7 Å². The van der Waals surface area contributed by atoms with E-state index in [1.165, 1.54) is 12.1 Å². The summed E-state index contributed by atoms with van der Waals surface area (Å²) in [5, 5.41) is 25.8. The number of rotatable bonds is 4. The summed E-state index contributed by atoms with van der Waals surface area (Å²) in [7, 11) is 1.62. The maximum Gasteiger partial charge on any atom is 0.287 e. The van der Waals surface area contributed by atoms with Gasteiger partial charge in [-0.3, -0.25) is 14.9 Å². The average Bonchev–Trinajstić information content (AvgIpc) is 2.54. The summed E-state index contributed by atoms with van der Waals surface area (Å²) in [6, 6.07) is 6.17. The first-order valence-electron chi connectivity index (χ1n) is 7.23. The Balaban J connectivity index is 2.20. The number of benzene rings is 1. The average molecular weight is 302 g/mol. The van der Waals surface area contributed by atoms with Gasteiger partial charge in [-0.25, -0.2) is 0 Å². The van der Waals surface area contributed by atoms with Crippen molar-refractivity contribution in [3.8, 4) is 6.07 Å². The number of nitro benzene ring substituents is 1. The van der Waals surface area contributed by atoms with Crippen molar-refractivity contribution in [2.45, 2.75) is 31.7 Å². The van der Waals surface area contributed by atoms with Gasteiger partial charge in [-0.05, 0) is 25.0 Å². The fraction of sp³-hybridized carbons (Fsp3) is 0.467. The molecule has 7 heteroatoms. The molecule has 2 atom stereocenters. The molecule has 1 fully saturated rings. The monoisotopic (exact) mass is 302 g/mol. The maximum absolute atomic E-state index is 11.9. The van der Waals surface area contributed by atoms with Gasteiger partial charge in [0.15, 0.2) is 0 Å². The molecule has 1 aliphatic rings. The Morgan fingerprint density at radius 1 is 1.41 bits per heavy atom. The number of hydrogen-bond acceptors (Lipinski definition) is 5. The van der Waals surface area contributed by atoms with Crippen molar-refractivity contribution in [3.05, 3.63) is 33.9 Å². The normalized spacial score (nSPS) is 20.7. The summed E-state index contributed by atoms with van der Waals surface area (Å²) in [6.07, 6.45) is 3.72. The molecule has 0 aliphatic heterocycles. The second kappa shape index (κ2) is 6.89. The highest BCUT2D eigenvalue weighted by atomic mass is 16.6. The van der Waals surface area contributed by atoms with Crippen LogP contribution in [-0.4, -0.2) is 23.9 Å². The summed E-state index contributed by atoms with van der Waals surface area (Å²) < 4.78 is 0. The minimum absolute atomic E-state index is 0.000353. The van der Waals surface area contributed by atoms with Crippen LogP contribution in [-0.2, 0) is 4.79 Å². The zero-order chi connectivity index (χ0) is 16.1. The predicted octanol–water partition coefficient (Wildman–Crippen LogP) is 2.18. The van der Waals surface area contributed by atoms with E-state index >= 15 is 0 Å². The molecule has 1 saturated carbocycles. The smallest absolute Gasteiger partial charge is 0.287 e. The van der Waals surface area contributed by atoms with Gasteiger partial charge in [-0.1, -0.05) is 12.8 Å². The molecule has 1 aromatic rings. The molecule has 0 aromatic heterocycles. The van der Waals surface area contributed by atoms with E-state index in [9.17, 15) is 14.9 Å². The molecular weight excluding hydrogens is 284 g/mol. The van der Waals surface area contributed by atoms with Crippen molar-refractivity contribution >= 4 is 17.3 Å². The molecule has 2 rings (SSSR count). The highest BCUT2D eigenvalue weighted by Gasteiger charge is 2.30. The molecule has 0 saturated heterocycles. The van der Waals surface area contributed by atoms with E-state index in [-0.39, 0.29) is 29.1 Å². The van der Waals surface area contributed by atoms with E-state index in [0.29, 0.717) is 5.69 Å². The number of nitriles is 1. The molecule has 0 heterocycles. The van der Waals surface area contributed by atoms with Crippen LogP contribution in [0.15, 0.2) is 18.2 Å². The largest absolute Gasteiger partial charge is 0.381 e. The van der Waals surface area contributed by atoms with Crippen molar-refractivity contribution < 1.29 is 9.72 Å². The first-order valence-corrected chi connectivity index (χ1v) is 7.23. The van der Waals surface area contributed by atoms with E-state index in [4.69, 9.17) is 5.26 Å². The van der Waals surface area contributed by atoms with Gasteiger partial charge in [-0.2, -0.15) is 5.26 Å². The number of hydrogen-bond donors (Lipinski definition) is 2. The Kier molecular flexibility index (Phi) is 4.94. The Bertz CT molecular complexity index is 624. The highest BCUT2D eigenvalue weighted by Crippen LogP contribution is 2.29. The van der Waals surface area contributed by atoms with Crippen LogP contribution in [0.4, 0.5) is 11.4 Å². The van der Waals surface area contributed by atoms with Gasteiger partial charge in [0.05, 0.1) is 10.8 Å². The lowest BCUT2D eigenvalue weighted by Crippen LogP contribution is -2.41. The van der Waals surface area contributed by atoms with E-state index in [2.05, 4.69) is 10.6 Å². The standard InChI is InChI=1S/C15H18N4O3/c1-17-15(20)12-4-2-3-5-13(12)18-11-6-7-14(19(21)22)10(8-11)9-16/h6-8,12-13,18H,2-5H2,1H3,(H,17,20)/t12-,13-/m1/s1. The predicted molar refractivity (Wildman–Crippen MR) is 81.2 cm³/mol. The molecule has 116 valence electrons. The number of amides is 1. The molecule has 7 nitrogen and oxygen atoms in total. The quantitative estimate of drug-likeness (QED) is 0.654. The third-order valence-corrected chi connectivity index (χ3v) is 4.01. The Morgan fingerprint density at radius 2 is 2.14 bits per heavy atom. The Hall–Kier alpha value is -2.62. The SMILES string of the molecule is CNC(=O)[C@@H]1CCCC[C@H]1Nc1ccc([N+](=O)[O-])c(C#N)c1. The molecule has 22 heavy (non-hydrogen) atoms. The lowest BCUT2D eigenvalue weighted by molar-refractivity contribution is -0.385. The van der Waals surface area contributed by atoms with Gasteiger partial charge in [0, 0.05) is 24.8 Å². The summed E-state index contributed by atoms with van der Waals surface area (Å²) in [6.45, 7) is 0. The summed E-state index contributed by atoms with van der Waals surface area (Å²) in [5.74, 6) is -0.126. The van der Waals surface area contributed by atoms with Crippen LogP contribution in [0, 0.1) is 27.4 Å². The minimum atomic E-state index is -0.573. The second-order valence-corrected chi connectivity index (χ2v) is 5.36. The Morgan fingerprint density at radius 3 is 2.77 bits per heavy atom. The fourth-order valence-corrected chi connectivity index (χ4v) is 2.89. The lowest BCUT2D eigenvalue weighted by Gasteiger charge is -2.31. The fourth-order valence-electron chi connectivity index (χ4n) is 2.89. The van der Waals surface area contributed by atoms with Crippen molar-refractivity contribution in [1.82, 2.24) is 5.32 Å². The molecule has 1 aromatic carbocycles. The van der Waals surface area contributed by atoms with E-state index < -0.39 is 4.92 Å². The molecule has 1 aliphatic carbocycles. The molecule has 0 unspecified atom stereocenters. The lowest BCUT2D eigenvalue weighted by atomic mass is 9.83. The molecule has 0 spiro atoms. The minimum Gasteiger partial charge on any atom is -0.381 e. The van der Waals surface area contributed by atoms with Crippen molar-refractivity contribution in [2.24, 2.45) is 5.92 Å². The van der Waals surface area contributed by atoms with E-state index in [1.807, 2.05) is 6.07 Å². The van der Waals surface area contributed by atoms with Gasteiger partial charge in [0.25, 0.3) is 5.69 Å². The van der Waals surface area contributed by atoms with Crippen molar-refractivity contribution in [2.75, 3.05) is 12.4 Å². The van der Waals surface area contributed by atoms with Crippen LogP contribution in [0.2, 0.25) is 0 Å². The van der Waals surface area contributed by atoms with Crippen LogP contribution in [0.1, 0.15) is 31.2 Å². The number of nitro groups is 1. The first kappa shape index (κ1) is 15.8. The topological polar surface area (TPSA) is 108 Å².